The van der Waals surface area contributed by atoms with Crippen molar-refractivity contribution in [2.45, 2.75) is 257 Å². The third kappa shape index (κ3) is 39.6. The van der Waals surface area contributed by atoms with E-state index in [1.807, 2.05) is 0 Å². The number of quaternary nitrogens is 1. The van der Waals surface area contributed by atoms with Crippen LogP contribution in [0, 0.1) is 0 Å². The zero-order valence-electron chi connectivity index (χ0n) is 38.5. The molecule has 0 aliphatic rings. The highest BCUT2D eigenvalue weighted by molar-refractivity contribution is 5.70. The first-order chi connectivity index (χ1) is 27.6. The fraction of sp³-hybridized carbons (Fsp3) is 0.939. The van der Waals surface area contributed by atoms with E-state index in [9.17, 15) is 19.5 Å². The van der Waals surface area contributed by atoms with Crippen molar-refractivity contribution in [1.82, 2.24) is 0 Å². The van der Waals surface area contributed by atoms with Crippen molar-refractivity contribution in [3.63, 3.8) is 0 Å². The number of hydrogen-bond donors (Lipinski definition) is 0. The third-order valence-electron chi connectivity index (χ3n) is 11.5. The highest BCUT2D eigenvalue weighted by atomic mass is 16.6. The summed E-state index contributed by atoms with van der Waals surface area (Å²) in [5.74, 6) is -1.72. The predicted molar refractivity (Wildman–Crippen MR) is 236 cm³/mol. The Hall–Kier alpha value is -1.67. The first kappa shape index (κ1) is 55.3. The molecule has 0 rings (SSSR count). The zero-order valence-corrected chi connectivity index (χ0v) is 38.5. The Balaban J connectivity index is 4.07. The van der Waals surface area contributed by atoms with Crippen LogP contribution in [0.25, 0.3) is 0 Å². The lowest BCUT2D eigenvalue weighted by atomic mass is 10.0. The van der Waals surface area contributed by atoms with Gasteiger partial charge >= 0.3 is 11.9 Å². The molecule has 0 heterocycles. The molecule has 57 heavy (non-hydrogen) atoms. The number of hydrogen-bond acceptors (Lipinski definition) is 7. The summed E-state index contributed by atoms with van der Waals surface area (Å²) in [6, 6.07) is -0.719. The van der Waals surface area contributed by atoms with Crippen LogP contribution < -0.4 is 5.11 Å². The van der Waals surface area contributed by atoms with Gasteiger partial charge in [0.25, 0.3) is 0 Å². The van der Waals surface area contributed by atoms with Gasteiger partial charge in [-0.3, -0.25) is 9.59 Å². The second kappa shape index (κ2) is 41.1. The lowest BCUT2D eigenvalue weighted by Crippen LogP contribution is -2.55. The van der Waals surface area contributed by atoms with Crippen molar-refractivity contribution in [2.24, 2.45) is 0 Å². The third-order valence-corrected chi connectivity index (χ3v) is 11.5. The molecule has 2 unspecified atom stereocenters. The maximum atomic E-state index is 12.7. The van der Waals surface area contributed by atoms with Gasteiger partial charge in [-0.1, -0.05) is 213 Å². The quantitative estimate of drug-likeness (QED) is 0.0343. The number of likely N-dealkylation sites (N-methyl/N-ethyl adjacent to an activating group) is 1. The minimum absolute atomic E-state index is 0.0490. The summed E-state index contributed by atoms with van der Waals surface area (Å²) in [5.41, 5.74) is 0. The Morgan fingerprint density at radius 1 is 0.456 bits per heavy atom. The molecule has 0 bridgehead atoms. The van der Waals surface area contributed by atoms with Gasteiger partial charge in [0.15, 0.2) is 6.10 Å². The van der Waals surface area contributed by atoms with Gasteiger partial charge in [-0.25, -0.2) is 0 Å². The Morgan fingerprint density at radius 3 is 1.09 bits per heavy atom. The molecule has 0 saturated heterocycles. The topological polar surface area (TPSA) is 102 Å². The smallest absolute Gasteiger partial charge is 0.306 e. The molecule has 338 valence electrons. The summed E-state index contributed by atoms with van der Waals surface area (Å²) < 4.78 is 17.2. The van der Waals surface area contributed by atoms with Crippen molar-refractivity contribution < 1.29 is 38.2 Å². The molecule has 0 spiro atoms. The largest absolute Gasteiger partial charge is 0.544 e. The van der Waals surface area contributed by atoms with Gasteiger partial charge in [0.05, 0.1) is 40.3 Å². The molecule has 8 nitrogen and oxygen atoms in total. The van der Waals surface area contributed by atoms with Gasteiger partial charge < -0.3 is 28.6 Å². The minimum Gasteiger partial charge on any atom is -0.544 e. The number of esters is 2. The predicted octanol–water partition coefficient (Wildman–Crippen LogP) is 12.4. The van der Waals surface area contributed by atoms with Crippen molar-refractivity contribution in [3.05, 3.63) is 0 Å². The maximum Gasteiger partial charge on any atom is 0.306 e. The SMILES string of the molecule is CCCCCCCCCCCCCCCCCCCCCCCCCCC(=O)OC(COCCC(C(=O)[O-])[N+](C)(C)C)COC(=O)CCCCCCCCCCC. The lowest BCUT2D eigenvalue weighted by Gasteiger charge is -2.34. The van der Waals surface area contributed by atoms with E-state index in [2.05, 4.69) is 13.8 Å². The van der Waals surface area contributed by atoms with Gasteiger partial charge in [-0.2, -0.15) is 0 Å². The summed E-state index contributed by atoms with van der Waals surface area (Å²) in [6.45, 7) is 4.68. The van der Waals surface area contributed by atoms with Crippen LogP contribution in [0.2, 0.25) is 0 Å². The molecular formula is C49H95NO7. The molecule has 8 heteroatoms. The van der Waals surface area contributed by atoms with Crippen molar-refractivity contribution >= 4 is 17.9 Å². The summed E-state index contributed by atoms with van der Waals surface area (Å²) in [6.07, 6.45) is 42.9. The average Bonchev–Trinajstić information content (AvgIpc) is 3.17. The maximum absolute atomic E-state index is 12.7. The van der Waals surface area contributed by atoms with Gasteiger partial charge in [0.1, 0.15) is 12.6 Å². The first-order valence-corrected chi connectivity index (χ1v) is 24.6. The number of aliphatic carboxylic acids is 1. The summed E-state index contributed by atoms with van der Waals surface area (Å²) in [5, 5.41) is 11.6. The van der Waals surface area contributed by atoms with Crippen LogP contribution in [0.4, 0.5) is 0 Å². The highest BCUT2D eigenvalue weighted by Gasteiger charge is 2.25. The molecule has 0 radical (unpaired) electrons. The highest BCUT2D eigenvalue weighted by Crippen LogP contribution is 2.17. The number of unbranched alkanes of at least 4 members (excludes halogenated alkanes) is 31. The van der Waals surface area contributed by atoms with Crippen molar-refractivity contribution in [2.75, 3.05) is 41.0 Å². The molecule has 0 aliphatic heterocycles. The molecular weight excluding hydrogens is 715 g/mol. The van der Waals surface area contributed by atoms with Crippen LogP contribution in [0.3, 0.4) is 0 Å². The molecule has 0 N–H and O–H groups in total. The molecule has 0 saturated carbocycles. The standard InChI is InChI=1S/C49H95NO7/c1-6-8-10-12-14-16-17-18-19-20-21-22-23-24-25-26-27-28-29-30-32-34-36-38-40-48(52)57-45(43-55-42-41-46(49(53)54)50(3,4)5)44-56-47(51)39-37-35-33-31-15-13-11-9-7-2/h45-46H,6-44H2,1-5H3. The summed E-state index contributed by atoms with van der Waals surface area (Å²) in [4.78, 5) is 36.8. The number of ether oxygens (including phenoxy) is 3. The van der Waals surface area contributed by atoms with E-state index in [-0.39, 0.29) is 42.7 Å². The van der Waals surface area contributed by atoms with Gasteiger partial charge in [-0.15, -0.1) is 0 Å². The Kier molecular flexibility index (Phi) is 39.9. The molecule has 0 aromatic carbocycles. The molecule has 0 amide bonds. The Bertz CT molecular complexity index is 905. The fourth-order valence-corrected chi connectivity index (χ4v) is 7.66. The molecule has 0 aliphatic carbocycles. The minimum atomic E-state index is -1.12. The number of carbonyl (C=O) groups excluding carboxylic acids is 3. The van der Waals surface area contributed by atoms with Gasteiger partial charge in [0, 0.05) is 19.3 Å². The second-order valence-electron chi connectivity index (χ2n) is 18.1. The number of carbonyl (C=O) groups is 3. The van der Waals surface area contributed by atoms with Gasteiger partial charge in [-0.05, 0) is 12.8 Å². The number of nitrogens with zero attached hydrogens (tertiary/aromatic N) is 1. The number of rotatable bonds is 45. The Labute approximate surface area is 353 Å². The Morgan fingerprint density at radius 2 is 0.772 bits per heavy atom. The number of carboxylic acids is 1. The molecule has 2 atom stereocenters. The van der Waals surface area contributed by atoms with E-state index in [0.29, 0.717) is 12.8 Å². The van der Waals surface area contributed by atoms with Crippen LogP contribution in [0.1, 0.15) is 245 Å². The molecule has 0 aromatic heterocycles. The summed E-state index contributed by atoms with van der Waals surface area (Å²) in [7, 11) is 5.42. The van der Waals surface area contributed by atoms with Crippen LogP contribution in [0.15, 0.2) is 0 Å². The zero-order chi connectivity index (χ0) is 42.1. The van der Waals surface area contributed by atoms with Crippen molar-refractivity contribution in [3.8, 4) is 0 Å². The van der Waals surface area contributed by atoms with E-state index in [4.69, 9.17) is 14.2 Å². The molecule has 0 aromatic rings. The average molecular weight is 810 g/mol. The van der Waals surface area contributed by atoms with Crippen LogP contribution in [0.5, 0.6) is 0 Å². The normalized spacial score (nSPS) is 12.8. The van der Waals surface area contributed by atoms with Crippen molar-refractivity contribution in [1.29, 1.82) is 0 Å². The van der Waals surface area contributed by atoms with E-state index >= 15 is 0 Å². The second-order valence-corrected chi connectivity index (χ2v) is 18.1. The van der Waals surface area contributed by atoms with Gasteiger partial charge in [0.2, 0.25) is 0 Å². The van der Waals surface area contributed by atoms with Crippen LogP contribution in [-0.2, 0) is 28.6 Å². The van der Waals surface area contributed by atoms with E-state index in [1.165, 1.54) is 173 Å². The van der Waals surface area contributed by atoms with E-state index < -0.39 is 18.1 Å². The lowest BCUT2D eigenvalue weighted by molar-refractivity contribution is -0.889. The van der Waals surface area contributed by atoms with E-state index in [0.717, 1.165) is 38.5 Å². The first-order valence-electron chi connectivity index (χ1n) is 24.6. The molecule has 0 fully saturated rings. The van der Waals surface area contributed by atoms with E-state index in [1.54, 1.807) is 21.1 Å². The monoisotopic (exact) mass is 810 g/mol. The number of carboxylic acid groups (broad SMARTS) is 1. The summed E-state index contributed by atoms with van der Waals surface area (Å²) >= 11 is 0. The fourth-order valence-electron chi connectivity index (χ4n) is 7.66. The van der Waals surface area contributed by atoms with Crippen LogP contribution >= 0.6 is 0 Å². The van der Waals surface area contributed by atoms with Crippen LogP contribution in [-0.4, -0.2) is 75.5 Å².